The molecule has 2 aromatic rings. The molecule has 88 valence electrons. The average molecular weight is 243 g/mol. The lowest BCUT2D eigenvalue weighted by molar-refractivity contribution is 1.30. The molecule has 2 rings (SSSR count). The van der Waals surface area contributed by atoms with Crippen LogP contribution in [0.4, 0.5) is 5.69 Å². The van der Waals surface area contributed by atoms with Gasteiger partial charge in [-0.1, -0.05) is 30.3 Å². The lowest BCUT2D eigenvalue weighted by Gasteiger charge is -2.08. The van der Waals surface area contributed by atoms with Crippen LogP contribution in [0.5, 0.6) is 0 Å². The van der Waals surface area contributed by atoms with Gasteiger partial charge in [0.1, 0.15) is 0 Å². The summed E-state index contributed by atoms with van der Waals surface area (Å²) in [6, 6.07) is 14.7. The molecule has 1 nitrogen and oxygen atoms in total. The van der Waals surface area contributed by atoms with E-state index in [1.807, 2.05) is 6.07 Å². The van der Waals surface area contributed by atoms with Gasteiger partial charge in [-0.3, -0.25) is 0 Å². The molecular weight excluding hydrogens is 226 g/mol. The van der Waals surface area contributed by atoms with Crippen molar-refractivity contribution in [3.63, 3.8) is 0 Å². The predicted molar refractivity (Wildman–Crippen MR) is 76.3 cm³/mol. The molecule has 0 saturated heterocycles. The van der Waals surface area contributed by atoms with Gasteiger partial charge < -0.3 is 5.73 Å². The Morgan fingerprint density at radius 3 is 2.53 bits per heavy atom. The summed E-state index contributed by atoms with van der Waals surface area (Å²) in [7, 11) is 0. The summed E-state index contributed by atoms with van der Waals surface area (Å²) < 4.78 is 0. The van der Waals surface area contributed by atoms with Gasteiger partial charge in [-0.15, -0.1) is 11.8 Å². The van der Waals surface area contributed by atoms with E-state index in [1.54, 1.807) is 11.8 Å². The molecule has 0 saturated carbocycles. The van der Waals surface area contributed by atoms with E-state index in [9.17, 15) is 0 Å². The summed E-state index contributed by atoms with van der Waals surface area (Å²) in [5, 5.41) is 0. The van der Waals surface area contributed by atoms with Gasteiger partial charge in [-0.05, 0) is 42.7 Å². The largest absolute Gasteiger partial charge is 0.398 e. The lowest BCUT2D eigenvalue weighted by Crippen LogP contribution is -1.91. The van der Waals surface area contributed by atoms with Gasteiger partial charge in [0.2, 0.25) is 0 Å². The molecule has 0 fully saturated rings. The normalized spacial score (nSPS) is 10.5. The van der Waals surface area contributed by atoms with Crippen LogP contribution in [-0.4, -0.2) is 0 Å². The third kappa shape index (κ3) is 3.04. The van der Waals surface area contributed by atoms with E-state index >= 15 is 0 Å². The molecule has 0 aromatic heterocycles. The maximum atomic E-state index is 6.00. The maximum Gasteiger partial charge on any atom is 0.0454 e. The van der Waals surface area contributed by atoms with Gasteiger partial charge in [0.15, 0.2) is 0 Å². The zero-order valence-corrected chi connectivity index (χ0v) is 11.1. The molecule has 2 aromatic carbocycles. The number of hydrogen-bond donors (Lipinski definition) is 1. The minimum absolute atomic E-state index is 0.878. The van der Waals surface area contributed by atoms with Gasteiger partial charge >= 0.3 is 0 Å². The van der Waals surface area contributed by atoms with Crippen molar-refractivity contribution in [3.05, 3.63) is 59.2 Å². The minimum Gasteiger partial charge on any atom is -0.398 e. The highest BCUT2D eigenvalue weighted by Gasteiger charge is 2.02. The van der Waals surface area contributed by atoms with Gasteiger partial charge in [0.05, 0.1) is 0 Å². The first-order chi connectivity index (χ1) is 8.16. The van der Waals surface area contributed by atoms with Crippen LogP contribution in [0.25, 0.3) is 0 Å². The van der Waals surface area contributed by atoms with Crippen LogP contribution < -0.4 is 5.73 Å². The fourth-order valence-corrected chi connectivity index (χ4v) is 2.75. The third-order valence-corrected chi connectivity index (χ3v) is 3.95. The predicted octanol–water partition coefficient (Wildman–Crippen LogP) is 4.18. The molecular formula is C15H17NS. The van der Waals surface area contributed by atoms with E-state index < -0.39 is 0 Å². The van der Waals surface area contributed by atoms with Crippen LogP contribution in [0.1, 0.15) is 16.7 Å². The summed E-state index contributed by atoms with van der Waals surface area (Å²) >= 11 is 1.80. The van der Waals surface area contributed by atoms with Crippen molar-refractivity contribution in [2.24, 2.45) is 0 Å². The first-order valence-corrected chi connectivity index (χ1v) is 6.69. The van der Waals surface area contributed by atoms with Crippen LogP contribution in [0.15, 0.2) is 47.4 Å². The summed E-state index contributed by atoms with van der Waals surface area (Å²) in [6.45, 7) is 4.21. The zero-order chi connectivity index (χ0) is 12.3. The fourth-order valence-electron chi connectivity index (χ4n) is 1.73. The van der Waals surface area contributed by atoms with Crippen LogP contribution >= 0.6 is 11.8 Å². The smallest absolute Gasteiger partial charge is 0.0454 e. The molecule has 0 aliphatic heterocycles. The highest BCUT2D eigenvalue weighted by atomic mass is 32.2. The van der Waals surface area contributed by atoms with Crippen LogP contribution in [0.3, 0.4) is 0 Å². The maximum absolute atomic E-state index is 6.00. The van der Waals surface area contributed by atoms with Crippen molar-refractivity contribution in [3.8, 4) is 0 Å². The second kappa shape index (κ2) is 5.28. The number of hydrogen-bond acceptors (Lipinski definition) is 2. The van der Waals surface area contributed by atoms with Crippen molar-refractivity contribution >= 4 is 17.4 Å². The second-order valence-corrected chi connectivity index (χ2v) is 5.27. The molecule has 0 bridgehead atoms. The van der Waals surface area contributed by atoms with Crippen LogP contribution in [0, 0.1) is 13.8 Å². The molecule has 0 amide bonds. The molecule has 0 aliphatic carbocycles. The van der Waals surface area contributed by atoms with Gasteiger partial charge in [-0.2, -0.15) is 0 Å². The molecule has 0 unspecified atom stereocenters. The third-order valence-electron chi connectivity index (χ3n) is 2.81. The Morgan fingerprint density at radius 1 is 1.06 bits per heavy atom. The van der Waals surface area contributed by atoms with E-state index in [-0.39, 0.29) is 0 Å². The Labute approximate surface area is 107 Å². The molecule has 2 heteroatoms. The van der Waals surface area contributed by atoms with Gasteiger partial charge in [0.25, 0.3) is 0 Å². The Bertz CT molecular complexity index is 520. The molecule has 0 aliphatic rings. The van der Waals surface area contributed by atoms with E-state index in [2.05, 4.69) is 50.2 Å². The van der Waals surface area contributed by atoms with Crippen LogP contribution in [-0.2, 0) is 5.75 Å². The highest BCUT2D eigenvalue weighted by molar-refractivity contribution is 7.98. The van der Waals surface area contributed by atoms with E-state index in [1.165, 1.54) is 21.6 Å². The van der Waals surface area contributed by atoms with E-state index in [0.717, 1.165) is 11.4 Å². The summed E-state index contributed by atoms with van der Waals surface area (Å²) in [4.78, 5) is 1.17. The summed E-state index contributed by atoms with van der Waals surface area (Å²) in [6.07, 6.45) is 0. The fraction of sp³-hybridized carbons (Fsp3) is 0.200. The SMILES string of the molecule is Cc1ccc(SCc2ccccc2C)c(N)c1. The summed E-state index contributed by atoms with van der Waals surface area (Å²) in [5.74, 6) is 0.972. The minimum atomic E-state index is 0.878. The van der Waals surface area contributed by atoms with Crippen molar-refractivity contribution in [2.75, 3.05) is 5.73 Å². The number of rotatable bonds is 3. The molecule has 0 atom stereocenters. The number of thioether (sulfide) groups is 1. The molecule has 0 spiro atoms. The van der Waals surface area contributed by atoms with Gasteiger partial charge in [-0.25, -0.2) is 0 Å². The quantitative estimate of drug-likeness (QED) is 0.646. The van der Waals surface area contributed by atoms with Crippen molar-refractivity contribution in [2.45, 2.75) is 24.5 Å². The van der Waals surface area contributed by atoms with Crippen molar-refractivity contribution in [1.29, 1.82) is 0 Å². The standard InChI is InChI=1S/C15H17NS/c1-11-7-8-15(14(16)9-11)17-10-13-6-4-3-5-12(13)2/h3-9H,10,16H2,1-2H3. The lowest BCUT2D eigenvalue weighted by atomic mass is 10.1. The molecule has 0 heterocycles. The molecule has 0 radical (unpaired) electrons. The number of nitrogen functional groups attached to an aromatic ring is 1. The average Bonchev–Trinajstić information content (AvgIpc) is 2.30. The summed E-state index contributed by atoms with van der Waals surface area (Å²) in [5.41, 5.74) is 10.8. The Morgan fingerprint density at radius 2 is 1.82 bits per heavy atom. The molecule has 17 heavy (non-hydrogen) atoms. The van der Waals surface area contributed by atoms with E-state index in [4.69, 9.17) is 5.73 Å². The number of aryl methyl sites for hydroxylation is 2. The Balaban J connectivity index is 2.10. The van der Waals surface area contributed by atoms with Crippen LogP contribution in [0.2, 0.25) is 0 Å². The molecule has 2 N–H and O–H groups in total. The monoisotopic (exact) mass is 243 g/mol. The number of anilines is 1. The Kier molecular flexibility index (Phi) is 3.75. The van der Waals surface area contributed by atoms with Gasteiger partial charge in [0, 0.05) is 16.3 Å². The highest BCUT2D eigenvalue weighted by Crippen LogP contribution is 2.29. The topological polar surface area (TPSA) is 26.0 Å². The first-order valence-electron chi connectivity index (χ1n) is 5.70. The second-order valence-electron chi connectivity index (χ2n) is 4.26. The number of benzene rings is 2. The van der Waals surface area contributed by atoms with E-state index in [0.29, 0.717) is 0 Å². The van der Waals surface area contributed by atoms with Crippen molar-refractivity contribution < 1.29 is 0 Å². The first kappa shape index (κ1) is 12.1. The Hall–Kier alpha value is -1.41. The number of nitrogens with two attached hydrogens (primary N) is 1. The van der Waals surface area contributed by atoms with Crippen molar-refractivity contribution in [1.82, 2.24) is 0 Å². The zero-order valence-electron chi connectivity index (χ0n) is 10.2.